The second kappa shape index (κ2) is 7.01. The quantitative estimate of drug-likeness (QED) is 0.760. The van der Waals surface area contributed by atoms with E-state index in [1.807, 2.05) is 24.1 Å². The Balaban J connectivity index is 1.63. The van der Waals surface area contributed by atoms with Crippen molar-refractivity contribution in [1.82, 2.24) is 0 Å². The Morgan fingerprint density at radius 3 is 2.75 bits per heavy atom. The molecule has 0 amide bonds. The maximum absolute atomic E-state index is 12.1. The van der Waals surface area contributed by atoms with Crippen LogP contribution in [0.25, 0.3) is 0 Å². The summed E-state index contributed by atoms with van der Waals surface area (Å²) in [5.41, 5.74) is 1.61. The fourth-order valence-corrected chi connectivity index (χ4v) is 3.81. The summed E-state index contributed by atoms with van der Waals surface area (Å²) in [4.78, 5) is 1.99. The van der Waals surface area contributed by atoms with Gasteiger partial charge in [-0.3, -0.25) is 4.18 Å². The van der Waals surface area contributed by atoms with Gasteiger partial charge in [0.15, 0.2) is 0 Å². The highest BCUT2D eigenvalue weighted by Gasteiger charge is 2.26. The summed E-state index contributed by atoms with van der Waals surface area (Å²) >= 11 is 5.99. The van der Waals surface area contributed by atoms with Crippen LogP contribution in [0.4, 0.5) is 5.69 Å². The van der Waals surface area contributed by atoms with Crippen molar-refractivity contribution in [3.05, 3.63) is 59.1 Å². The number of halogens is 1. The monoisotopic (exact) mass is 367 g/mol. The van der Waals surface area contributed by atoms with E-state index in [9.17, 15) is 8.42 Å². The van der Waals surface area contributed by atoms with E-state index in [2.05, 4.69) is 0 Å². The molecule has 7 heteroatoms. The Hall–Kier alpha value is -1.76. The molecule has 0 fully saturated rings. The number of likely N-dealkylation sites (N-methyl/N-ethyl adjacent to an activating group) is 1. The molecular weight excluding hydrogens is 350 g/mol. The molecule has 5 nitrogen and oxygen atoms in total. The zero-order chi connectivity index (χ0) is 17.2. The first-order valence-electron chi connectivity index (χ1n) is 7.51. The number of anilines is 1. The second-order valence-electron chi connectivity index (χ2n) is 5.70. The van der Waals surface area contributed by atoms with Crippen molar-refractivity contribution in [3.63, 3.8) is 0 Å². The van der Waals surface area contributed by atoms with Crippen LogP contribution in [0, 0.1) is 0 Å². The highest BCUT2D eigenvalue weighted by Crippen LogP contribution is 2.34. The summed E-state index contributed by atoms with van der Waals surface area (Å²) in [7, 11) is -1.74. The van der Waals surface area contributed by atoms with E-state index < -0.39 is 10.1 Å². The molecule has 1 heterocycles. The number of rotatable bonds is 5. The molecule has 128 valence electrons. The van der Waals surface area contributed by atoms with E-state index in [1.165, 1.54) is 0 Å². The number of hydrogen-bond acceptors (Lipinski definition) is 5. The Morgan fingerprint density at radius 1 is 1.25 bits per heavy atom. The number of nitrogens with zero attached hydrogens (tertiary/aromatic N) is 1. The van der Waals surface area contributed by atoms with E-state index >= 15 is 0 Å². The van der Waals surface area contributed by atoms with Crippen molar-refractivity contribution in [2.45, 2.75) is 11.9 Å². The van der Waals surface area contributed by atoms with Crippen LogP contribution in [0.5, 0.6) is 5.75 Å². The normalized spacial score (nSPS) is 17.2. The Morgan fingerprint density at radius 2 is 2.00 bits per heavy atom. The first kappa shape index (κ1) is 17.1. The molecule has 0 N–H and O–H groups in total. The van der Waals surface area contributed by atoms with Crippen LogP contribution in [0.2, 0.25) is 5.02 Å². The van der Waals surface area contributed by atoms with Gasteiger partial charge in [0.25, 0.3) is 10.1 Å². The van der Waals surface area contributed by atoms with Crippen molar-refractivity contribution in [2.75, 3.05) is 25.1 Å². The van der Waals surface area contributed by atoms with Gasteiger partial charge in [0, 0.05) is 18.1 Å². The van der Waals surface area contributed by atoms with Crippen LogP contribution in [-0.4, -0.2) is 34.7 Å². The van der Waals surface area contributed by atoms with E-state index in [1.54, 1.807) is 36.4 Å². The van der Waals surface area contributed by atoms with Crippen LogP contribution in [0.1, 0.15) is 5.56 Å². The molecule has 0 spiro atoms. The van der Waals surface area contributed by atoms with Crippen LogP contribution in [0.3, 0.4) is 0 Å². The maximum atomic E-state index is 12.1. The number of benzene rings is 2. The number of fused-ring (bicyclic) bond motifs is 1. The van der Waals surface area contributed by atoms with Crippen molar-refractivity contribution in [1.29, 1.82) is 0 Å². The lowest BCUT2D eigenvalue weighted by Gasteiger charge is -2.33. The summed E-state index contributed by atoms with van der Waals surface area (Å²) < 4.78 is 35.2. The van der Waals surface area contributed by atoms with E-state index in [0.29, 0.717) is 22.9 Å². The minimum absolute atomic E-state index is 0.0362. The van der Waals surface area contributed by atoms with Crippen LogP contribution in [0.15, 0.2) is 48.5 Å². The molecule has 0 aliphatic carbocycles. The lowest BCUT2D eigenvalue weighted by molar-refractivity contribution is 0.129. The average molecular weight is 368 g/mol. The number of hydrogen-bond donors (Lipinski definition) is 0. The molecule has 0 aromatic heterocycles. The fraction of sp³-hybridized carbons (Fsp3) is 0.294. The minimum atomic E-state index is -3.66. The van der Waals surface area contributed by atoms with Gasteiger partial charge in [0.1, 0.15) is 24.2 Å². The molecule has 24 heavy (non-hydrogen) atoms. The lowest BCUT2D eigenvalue weighted by Crippen LogP contribution is -2.41. The van der Waals surface area contributed by atoms with Gasteiger partial charge in [-0.05, 0) is 17.7 Å². The Bertz CT molecular complexity index is 811. The molecule has 0 radical (unpaired) electrons. The van der Waals surface area contributed by atoms with Crippen molar-refractivity contribution >= 4 is 27.4 Å². The van der Waals surface area contributed by atoms with Gasteiger partial charge in [-0.2, -0.15) is 8.42 Å². The highest BCUT2D eigenvalue weighted by atomic mass is 35.5. The van der Waals surface area contributed by atoms with Crippen LogP contribution < -0.4 is 9.64 Å². The lowest BCUT2D eigenvalue weighted by atomic mass is 10.2. The standard InChI is InChI=1S/C17H18ClNO4S/c1-19-10-15(23-17-9-14(18)7-8-16(17)19)11-22-24(20,21)12-13-5-3-2-4-6-13/h2-9,15H,10-12H2,1H3. The third kappa shape index (κ3) is 4.20. The van der Waals surface area contributed by atoms with Crippen LogP contribution >= 0.6 is 11.6 Å². The molecule has 0 bridgehead atoms. The Kier molecular flexibility index (Phi) is 4.99. The fourth-order valence-electron chi connectivity index (χ4n) is 2.60. The molecule has 1 aliphatic heterocycles. The van der Waals surface area contributed by atoms with Gasteiger partial charge in [-0.15, -0.1) is 0 Å². The van der Waals surface area contributed by atoms with Gasteiger partial charge in [-0.25, -0.2) is 0 Å². The third-order valence-electron chi connectivity index (χ3n) is 3.72. The first-order valence-corrected chi connectivity index (χ1v) is 9.47. The van der Waals surface area contributed by atoms with Crippen LogP contribution in [-0.2, 0) is 20.1 Å². The second-order valence-corrected chi connectivity index (χ2v) is 7.78. The average Bonchev–Trinajstić information content (AvgIpc) is 2.53. The molecule has 1 atom stereocenters. The topological polar surface area (TPSA) is 55.8 Å². The highest BCUT2D eigenvalue weighted by molar-refractivity contribution is 7.85. The molecule has 2 aromatic carbocycles. The van der Waals surface area contributed by atoms with E-state index in [0.717, 1.165) is 5.69 Å². The molecule has 1 aliphatic rings. The molecule has 2 aromatic rings. The first-order chi connectivity index (χ1) is 11.4. The summed E-state index contributed by atoms with van der Waals surface area (Å²) in [6.07, 6.45) is -0.383. The van der Waals surface area contributed by atoms with Gasteiger partial charge in [0.05, 0.1) is 12.2 Å². The van der Waals surface area contributed by atoms with E-state index in [4.69, 9.17) is 20.5 Å². The van der Waals surface area contributed by atoms with Crippen molar-refractivity contribution in [2.24, 2.45) is 0 Å². The number of ether oxygens (including phenoxy) is 1. The maximum Gasteiger partial charge on any atom is 0.271 e. The summed E-state index contributed by atoms with van der Waals surface area (Å²) in [5, 5.41) is 0.570. The molecule has 0 saturated carbocycles. The molecular formula is C17H18ClNO4S. The van der Waals surface area contributed by atoms with Gasteiger partial charge in [-0.1, -0.05) is 41.9 Å². The summed E-state index contributed by atoms with van der Waals surface area (Å²) in [5.74, 6) is 0.476. The van der Waals surface area contributed by atoms with Gasteiger partial charge in [0.2, 0.25) is 0 Å². The van der Waals surface area contributed by atoms with Gasteiger partial charge < -0.3 is 9.64 Å². The van der Waals surface area contributed by atoms with Crippen molar-refractivity contribution < 1.29 is 17.3 Å². The zero-order valence-corrected chi connectivity index (χ0v) is 14.8. The summed E-state index contributed by atoms with van der Waals surface area (Å²) in [6.45, 7) is 0.501. The smallest absolute Gasteiger partial charge is 0.271 e. The SMILES string of the molecule is CN1CC(COS(=O)(=O)Cc2ccccc2)Oc2cc(Cl)ccc21. The largest absolute Gasteiger partial charge is 0.484 e. The van der Waals surface area contributed by atoms with E-state index in [-0.39, 0.29) is 18.5 Å². The molecule has 1 unspecified atom stereocenters. The molecule has 0 saturated heterocycles. The molecule has 3 rings (SSSR count). The third-order valence-corrected chi connectivity index (χ3v) is 5.14. The zero-order valence-electron chi connectivity index (χ0n) is 13.2. The minimum Gasteiger partial charge on any atom is -0.484 e. The Labute approximate surface area is 146 Å². The van der Waals surface area contributed by atoms with Gasteiger partial charge >= 0.3 is 0 Å². The van der Waals surface area contributed by atoms with Crippen molar-refractivity contribution in [3.8, 4) is 5.75 Å². The predicted molar refractivity (Wildman–Crippen MR) is 94.2 cm³/mol. The summed E-state index contributed by atoms with van der Waals surface area (Å²) in [6, 6.07) is 14.3. The predicted octanol–water partition coefficient (Wildman–Crippen LogP) is 3.08.